The van der Waals surface area contributed by atoms with Crippen molar-refractivity contribution >= 4 is 17.7 Å². The number of hydrogen-bond acceptors (Lipinski definition) is 4. The Morgan fingerprint density at radius 2 is 2.00 bits per heavy atom. The second-order valence-corrected chi connectivity index (χ2v) is 5.21. The third kappa shape index (κ3) is 3.01. The number of carboxylic acid groups (broad SMARTS) is 1. The summed E-state index contributed by atoms with van der Waals surface area (Å²) in [5, 5.41) is 14.4. The van der Waals surface area contributed by atoms with Crippen molar-refractivity contribution in [2.24, 2.45) is 5.92 Å². The first-order valence-corrected chi connectivity index (χ1v) is 6.82. The molecule has 0 saturated heterocycles. The van der Waals surface area contributed by atoms with Gasteiger partial charge in [0.25, 0.3) is 0 Å². The van der Waals surface area contributed by atoms with Gasteiger partial charge in [-0.15, -0.1) is 0 Å². The summed E-state index contributed by atoms with van der Waals surface area (Å²) < 4.78 is 10.4. The van der Waals surface area contributed by atoms with Crippen molar-refractivity contribution in [3.05, 3.63) is 18.2 Å². The zero-order chi connectivity index (χ0) is 14.8. The van der Waals surface area contributed by atoms with Gasteiger partial charge in [-0.3, -0.25) is 4.79 Å². The van der Waals surface area contributed by atoms with Crippen LogP contribution in [0.1, 0.15) is 19.3 Å². The third-order valence-electron chi connectivity index (χ3n) is 3.75. The van der Waals surface area contributed by atoms with Gasteiger partial charge in [0.2, 0.25) is 6.79 Å². The van der Waals surface area contributed by atoms with E-state index in [1.807, 2.05) is 0 Å². The first-order valence-electron chi connectivity index (χ1n) is 6.82. The first kappa shape index (κ1) is 13.5. The van der Waals surface area contributed by atoms with E-state index >= 15 is 0 Å². The molecule has 21 heavy (non-hydrogen) atoms. The summed E-state index contributed by atoms with van der Waals surface area (Å²) in [6.45, 7) is 0.184. The van der Waals surface area contributed by atoms with Gasteiger partial charge in [0, 0.05) is 17.8 Å². The van der Waals surface area contributed by atoms with E-state index in [1.165, 1.54) is 0 Å². The van der Waals surface area contributed by atoms with Gasteiger partial charge in [-0.2, -0.15) is 0 Å². The molecule has 1 aromatic rings. The van der Waals surface area contributed by atoms with Crippen molar-refractivity contribution in [3.8, 4) is 11.5 Å². The maximum Gasteiger partial charge on any atom is 0.319 e. The lowest BCUT2D eigenvalue weighted by molar-refractivity contribution is -0.141. The molecule has 1 aliphatic carbocycles. The average molecular weight is 292 g/mol. The number of benzene rings is 1. The summed E-state index contributed by atoms with van der Waals surface area (Å²) in [6.07, 6.45) is 1.76. The summed E-state index contributed by atoms with van der Waals surface area (Å²) in [6, 6.07) is 4.71. The number of carboxylic acids is 1. The lowest BCUT2D eigenvalue weighted by Gasteiger charge is -2.13. The van der Waals surface area contributed by atoms with Gasteiger partial charge in [-0.05, 0) is 31.4 Å². The predicted molar refractivity (Wildman–Crippen MR) is 73.5 cm³/mol. The number of amides is 2. The molecule has 0 aromatic heterocycles. The normalized spacial score (nSPS) is 22.9. The molecule has 0 spiro atoms. The van der Waals surface area contributed by atoms with E-state index in [0.717, 1.165) is 0 Å². The number of hydrogen-bond donors (Lipinski definition) is 3. The van der Waals surface area contributed by atoms with Crippen LogP contribution in [0, 0.1) is 5.92 Å². The molecule has 1 aromatic carbocycles. The van der Waals surface area contributed by atoms with Gasteiger partial charge >= 0.3 is 12.0 Å². The van der Waals surface area contributed by atoms with E-state index in [9.17, 15) is 9.59 Å². The molecule has 1 heterocycles. The maximum absolute atomic E-state index is 11.9. The Kier molecular flexibility index (Phi) is 3.55. The van der Waals surface area contributed by atoms with Crippen LogP contribution in [0.5, 0.6) is 11.5 Å². The van der Waals surface area contributed by atoms with Crippen LogP contribution in [0.15, 0.2) is 18.2 Å². The fraction of sp³-hybridized carbons (Fsp3) is 0.429. The Balaban J connectivity index is 1.54. The standard InChI is InChI=1S/C14H16N2O5/c17-13(18)8-1-2-9(5-8)15-14(19)16-10-3-4-11-12(6-10)21-7-20-11/h3-4,6,8-9H,1-2,5,7H2,(H,17,18)(H2,15,16,19). The monoisotopic (exact) mass is 292 g/mol. The molecule has 3 rings (SSSR count). The Labute approximate surface area is 121 Å². The van der Waals surface area contributed by atoms with Gasteiger partial charge < -0.3 is 25.2 Å². The highest BCUT2D eigenvalue weighted by Gasteiger charge is 2.30. The van der Waals surface area contributed by atoms with Crippen LogP contribution in [0.25, 0.3) is 0 Å². The number of ether oxygens (including phenoxy) is 2. The van der Waals surface area contributed by atoms with Gasteiger partial charge in [-0.1, -0.05) is 0 Å². The maximum atomic E-state index is 11.9. The molecule has 7 nitrogen and oxygen atoms in total. The highest BCUT2D eigenvalue weighted by atomic mass is 16.7. The second-order valence-electron chi connectivity index (χ2n) is 5.21. The molecule has 3 N–H and O–H groups in total. The van der Waals surface area contributed by atoms with E-state index in [-0.39, 0.29) is 24.8 Å². The molecule has 0 radical (unpaired) electrons. The van der Waals surface area contributed by atoms with E-state index < -0.39 is 5.97 Å². The summed E-state index contributed by atoms with van der Waals surface area (Å²) in [5.41, 5.74) is 0.601. The van der Waals surface area contributed by atoms with Crippen LogP contribution in [0.4, 0.5) is 10.5 Å². The van der Waals surface area contributed by atoms with Crippen LogP contribution >= 0.6 is 0 Å². The molecule has 1 aliphatic heterocycles. The number of rotatable bonds is 3. The highest BCUT2D eigenvalue weighted by molar-refractivity contribution is 5.90. The first-order chi connectivity index (χ1) is 10.1. The Morgan fingerprint density at radius 3 is 2.76 bits per heavy atom. The van der Waals surface area contributed by atoms with Crippen LogP contribution in [-0.2, 0) is 4.79 Å². The molecular formula is C14H16N2O5. The molecule has 2 atom stereocenters. The van der Waals surface area contributed by atoms with E-state index in [2.05, 4.69) is 10.6 Å². The quantitative estimate of drug-likeness (QED) is 0.789. The average Bonchev–Trinajstić information content (AvgIpc) is 3.06. The number of anilines is 1. The molecule has 2 amide bonds. The van der Waals surface area contributed by atoms with Crippen molar-refractivity contribution < 1.29 is 24.2 Å². The molecule has 7 heteroatoms. The number of urea groups is 1. The number of nitrogens with one attached hydrogen (secondary N) is 2. The Morgan fingerprint density at radius 1 is 1.19 bits per heavy atom. The molecule has 112 valence electrons. The highest BCUT2D eigenvalue weighted by Crippen LogP contribution is 2.34. The topological polar surface area (TPSA) is 96.9 Å². The zero-order valence-corrected chi connectivity index (χ0v) is 11.3. The fourth-order valence-corrected chi connectivity index (χ4v) is 2.66. The van der Waals surface area contributed by atoms with Gasteiger partial charge in [0.15, 0.2) is 11.5 Å². The van der Waals surface area contributed by atoms with Crippen LogP contribution in [0.2, 0.25) is 0 Å². The van der Waals surface area contributed by atoms with Crippen LogP contribution in [-0.4, -0.2) is 29.9 Å². The number of carbonyl (C=O) groups excluding carboxylic acids is 1. The minimum atomic E-state index is -0.796. The van der Waals surface area contributed by atoms with Crippen molar-refractivity contribution in [1.29, 1.82) is 0 Å². The molecule has 0 bridgehead atoms. The van der Waals surface area contributed by atoms with Gasteiger partial charge in [0.05, 0.1) is 5.92 Å². The van der Waals surface area contributed by atoms with Gasteiger partial charge in [-0.25, -0.2) is 4.79 Å². The lowest BCUT2D eigenvalue weighted by Crippen LogP contribution is -2.36. The van der Waals surface area contributed by atoms with Crippen molar-refractivity contribution in [3.63, 3.8) is 0 Å². The number of aliphatic carboxylic acids is 1. The second kappa shape index (κ2) is 5.51. The van der Waals surface area contributed by atoms with Crippen molar-refractivity contribution in [2.45, 2.75) is 25.3 Å². The predicted octanol–water partition coefficient (Wildman–Crippen LogP) is 1.79. The lowest BCUT2D eigenvalue weighted by atomic mass is 10.1. The Bertz CT molecular complexity index is 574. The fourth-order valence-electron chi connectivity index (χ4n) is 2.66. The largest absolute Gasteiger partial charge is 0.481 e. The summed E-state index contributed by atoms with van der Waals surface area (Å²) in [7, 11) is 0. The summed E-state index contributed by atoms with van der Waals surface area (Å²) in [4.78, 5) is 22.8. The van der Waals surface area contributed by atoms with Gasteiger partial charge in [0.1, 0.15) is 0 Å². The van der Waals surface area contributed by atoms with E-state index in [0.29, 0.717) is 36.4 Å². The smallest absolute Gasteiger partial charge is 0.319 e. The van der Waals surface area contributed by atoms with Crippen molar-refractivity contribution in [2.75, 3.05) is 12.1 Å². The van der Waals surface area contributed by atoms with Crippen LogP contribution < -0.4 is 20.1 Å². The summed E-state index contributed by atoms with van der Waals surface area (Å²) >= 11 is 0. The number of fused-ring (bicyclic) bond motifs is 1. The van der Waals surface area contributed by atoms with Crippen molar-refractivity contribution in [1.82, 2.24) is 5.32 Å². The molecule has 1 fully saturated rings. The Hall–Kier alpha value is -2.44. The SMILES string of the molecule is O=C(Nc1ccc2c(c1)OCO2)NC1CCC(C(=O)O)C1. The zero-order valence-electron chi connectivity index (χ0n) is 11.3. The molecule has 2 aliphatic rings. The van der Waals surface area contributed by atoms with E-state index in [4.69, 9.17) is 14.6 Å². The van der Waals surface area contributed by atoms with Crippen LogP contribution in [0.3, 0.4) is 0 Å². The third-order valence-corrected chi connectivity index (χ3v) is 3.75. The minimum absolute atomic E-state index is 0.0971. The summed E-state index contributed by atoms with van der Waals surface area (Å²) in [5.74, 6) is 0.0944. The molecule has 2 unspecified atom stereocenters. The minimum Gasteiger partial charge on any atom is -0.481 e. The number of carbonyl (C=O) groups is 2. The molecule has 1 saturated carbocycles. The van der Waals surface area contributed by atoms with E-state index in [1.54, 1.807) is 18.2 Å². The molecular weight excluding hydrogens is 276 g/mol.